The van der Waals surface area contributed by atoms with Crippen molar-refractivity contribution in [1.29, 1.82) is 0 Å². The van der Waals surface area contributed by atoms with Gasteiger partial charge in [0.2, 0.25) is 5.91 Å². The number of likely N-dealkylation sites (tertiary alicyclic amines) is 1. The fraction of sp³-hybridized carbons (Fsp3) is 0.346. The quantitative estimate of drug-likeness (QED) is 0.556. The van der Waals surface area contributed by atoms with Crippen LogP contribution in [0.4, 0.5) is 0 Å². The van der Waals surface area contributed by atoms with Crippen LogP contribution in [0.5, 0.6) is 0 Å². The molecule has 1 fully saturated rings. The summed E-state index contributed by atoms with van der Waals surface area (Å²) >= 11 is 5.95. The number of carbonyl (C=O) groups is 1. The Kier molecular flexibility index (Phi) is 7.23. The second-order valence-corrected chi connectivity index (χ2v) is 8.47. The van der Waals surface area contributed by atoms with Gasteiger partial charge in [-0.05, 0) is 35.6 Å². The Morgan fingerprint density at radius 1 is 1.00 bits per heavy atom. The normalized spacial score (nSPS) is 18.5. The minimum Gasteiger partial charge on any atom is -0.374 e. The zero-order valence-corrected chi connectivity index (χ0v) is 18.4. The van der Waals surface area contributed by atoms with Gasteiger partial charge in [-0.3, -0.25) is 9.69 Å². The molecule has 0 bridgehead atoms. The Hall–Kier alpha value is -2.40. The van der Waals surface area contributed by atoms with E-state index < -0.39 is 6.23 Å². The molecule has 3 aromatic carbocycles. The number of hydrogen-bond donors (Lipinski definition) is 1. The van der Waals surface area contributed by atoms with Crippen molar-refractivity contribution in [3.8, 4) is 0 Å². The molecule has 2 unspecified atom stereocenters. The van der Waals surface area contributed by atoms with Crippen molar-refractivity contribution in [3.05, 3.63) is 83.9 Å². The summed E-state index contributed by atoms with van der Waals surface area (Å²) in [7, 11) is 0. The van der Waals surface area contributed by atoms with E-state index in [4.69, 9.17) is 11.6 Å². The van der Waals surface area contributed by atoms with Crippen molar-refractivity contribution in [3.63, 3.8) is 0 Å². The molecule has 3 aromatic rings. The van der Waals surface area contributed by atoms with E-state index in [1.165, 1.54) is 0 Å². The zero-order valence-electron chi connectivity index (χ0n) is 17.7. The molecule has 0 radical (unpaired) electrons. The molecular formula is C26H29ClN2O2. The van der Waals surface area contributed by atoms with Crippen molar-refractivity contribution >= 4 is 28.3 Å². The Bertz CT molecular complexity index is 1010. The number of halogens is 1. The average Bonchev–Trinajstić information content (AvgIpc) is 3.08. The van der Waals surface area contributed by atoms with E-state index >= 15 is 0 Å². The standard InChI is InChI=1S/C26H29ClN2O2/c27-18-25(30)29(19-20-8-2-1-3-9-20)22-12-7-16-28(17-15-22)26(31)24-14-6-11-21-10-4-5-13-23(21)24/h1-6,8-11,13-14,22,26,31H,7,12,15-19H2. The van der Waals surface area contributed by atoms with Crippen LogP contribution >= 0.6 is 11.6 Å². The smallest absolute Gasteiger partial charge is 0.238 e. The molecule has 31 heavy (non-hydrogen) atoms. The molecule has 1 heterocycles. The fourth-order valence-corrected chi connectivity index (χ4v) is 4.76. The summed E-state index contributed by atoms with van der Waals surface area (Å²) in [5, 5.41) is 13.4. The Labute approximate surface area is 189 Å². The van der Waals surface area contributed by atoms with Gasteiger partial charge < -0.3 is 10.0 Å². The average molecular weight is 437 g/mol. The van der Waals surface area contributed by atoms with Crippen molar-refractivity contribution in [2.45, 2.75) is 38.1 Å². The first-order valence-corrected chi connectivity index (χ1v) is 11.5. The topological polar surface area (TPSA) is 43.8 Å². The van der Waals surface area contributed by atoms with Crippen molar-refractivity contribution in [2.75, 3.05) is 19.0 Å². The van der Waals surface area contributed by atoms with Crippen LogP contribution in [-0.2, 0) is 11.3 Å². The minimum absolute atomic E-state index is 0.00826. The number of nitrogens with zero attached hydrogens (tertiary/aromatic N) is 2. The second-order valence-electron chi connectivity index (χ2n) is 8.20. The molecule has 0 saturated carbocycles. The highest BCUT2D eigenvalue weighted by Gasteiger charge is 2.28. The number of aliphatic hydroxyl groups excluding tert-OH is 1. The first kappa shape index (κ1) is 21.8. The zero-order chi connectivity index (χ0) is 21.6. The molecule has 1 aliphatic heterocycles. The third kappa shape index (κ3) is 5.09. The van der Waals surface area contributed by atoms with Crippen LogP contribution in [-0.4, -0.2) is 45.8 Å². The summed E-state index contributed by atoms with van der Waals surface area (Å²) in [4.78, 5) is 16.7. The molecule has 4 nitrogen and oxygen atoms in total. The van der Waals surface area contributed by atoms with Crippen molar-refractivity contribution in [2.24, 2.45) is 0 Å². The lowest BCUT2D eigenvalue weighted by Crippen LogP contribution is -2.41. The van der Waals surface area contributed by atoms with Crippen LogP contribution in [0, 0.1) is 0 Å². The van der Waals surface area contributed by atoms with E-state index in [0.29, 0.717) is 6.54 Å². The Morgan fingerprint density at radius 3 is 2.55 bits per heavy atom. The predicted molar refractivity (Wildman–Crippen MR) is 126 cm³/mol. The number of carbonyl (C=O) groups excluding carboxylic acids is 1. The summed E-state index contributed by atoms with van der Waals surface area (Å²) in [6.07, 6.45) is 2.00. The molecule has 2 atom stereocenters. The monoisotopic (exact) mass is 436 g/mol. The molecule has 0 aliphatic carbocycles. The maximum Gasteiger partial charge on any atom is 0.238 e. The third-order valence-electron chi connectivity index (χ3n) is 6.25. The summed E-state index contributed by atoms with van der Waals surface area (Å²) < 4.78 is 0. The first-order chi connectivity index (χ1) is 15.2. The molecule has 5 heteroatoms. The SMILES string of the molecule is O=C(CCl)N(Cc1ccccc1)C1CCCN(C(O)c2cccc3ccccc23)CC1. The van der Waals surface area contributed by atoms with E-state index in [2.05, 4.69) is 23.1 Å². The van der Waals surface area contributed by atoms with E-state index in [1.54, 1.807) is 0 Å². The molecule has 1 aliphatic rings. The van der Waals surface area contributed by atoms with Crippen LogP contribution in [0.15, 0.2) is 72.8 Å². The van der Waals surface area contributed by atoms with E-state index in [1.807, 2.05) is 59.5 Å². The van der Waals surface area contributed by atoms with Gasteiger partial charge in [0.25, 0.3) is 0 Å². The molecule has 162 valence electrons. The summed E-state index contributed by atoms with van der Waals surface area (Å²) in [5.41, 5.74) is 2.05. The molecular weight excluding hydrogens is 408 g/mol. The van der Waals surface area contributed by atoms with E-state index in [0.717, 1.165) is 54.3 Å². The highest BCUT2D eigenvalue weighted by Crippen LogP contribution is 2.29. The first-order valence-electron chi connectivity index (χ1n) is 11.0. The summed E-state index contributed by atoms with van der Waals surface area (Å²) in [6, 6.07) is 24.4. The number of fused-ring (bicyclic) bond motifs is 1. The maximum absolute atomic E-state index is 12.6. The highest BCUT2D eigenvalue weighted by atomic mass is 35.5. The van der Waals surface area contributed by atoms with Crippen molar-refractivity contribution in [1.82, 2.24) is 9.80 Å². The number of rotatable bonds is 6. The Morgan fingerprint density at radius 2 is 1.74 bits per heavy atom. The number of alkyl halides is 1. The second kappa shape index (κ2) is 10.3. The van der Waals surface area contributed by atoms with E-state index in [-0.39, 0.29) is 17.8 Å². The van der Waals surface area contributed by atoms with Gasteiger partial charge in [0.15, 0.2) is 0 Å². The minimum atomic E-state index is -0.656. The molecule has 1 N–H and O–H groups in total. The molecule has 1 saturated heterocycles. The van der Waals surface area contributed by atoms with Gasteiger partial charge in [-0.2, -0.15) is 0 Å². The van der Waals surface area contributed by atoms with Gasteiger partial charge in [0, 0.05) is 31.2 Å². The van der Waals surface area contributed by atoms with Crippen LogP contribution < -0.4 is 0 Å². The van der Waals surface area contributed by atoms with Crippen LogP contribution in [0.1, 0.15) is 36.6 Å². The molecule has 0 spiro atoms. The van der Waals surface area contributed by atoms with Gasteiger partial charge in [0.05, 0.1) is 0 Å². The molecule has 4 rings (SSSR count). The van der Waals surface area contributed by atoms with Crippen molar-refractivity contribution < 1.29 is 9.90 Å². The number of benzene rings is 3. The predicted octanol–water partition coefficient (Wildman–Crippen LogP) is 4.95. The number of aliphatic hydroxyl groups is 1. The van der Waals surface area contributed by atoms with Crippen LogP contribution in [0.2, 0.25) is 0 Å². The Balaban J connectivity index is 1.49. The van der Waals surface area contributed by atoms with Crippen LogP contribution in [0.25, 0.3) is 10.8 Å². The largest absolute Gasteiger partial charge is 0.374 e. The molecule has 0 aromatic heterocycles. The maximum atomic E-state index is 12.6. The highest BCUT2D eigenvalue weighted by molar-refractivity contribution is 6.27. The molecule has 1 amide bonds. The van der Waals surface area contributed by atoms with Crippen LogP contribution in [0.3, 0.4) is 0 Å². The lowest BCUT2D eigenvalue weighted by atomic mass is 10.0. The fourth-order valence-electron chi connectivity index (χ4n) is 4.61. The third-order valence-corrected chi connectivity index (χ3v) is 6.48. The van der Waals surface area contributed by atoms with Gasteiger partial charge in [-0.25, -0.2) is 0 Å². The van der Waals surface area contributed by atoms with E-state index in [9.17, 15) is 9.90 Å². The number of hydrogen-bond acceptors (Lipinski definition) is 3. The lowest BCUT2D eigenvalue weighted by molar-refractivity contribution is -0.131. The summed E-state index contributed by atoms with van der Waals surface area (Å²) in [6.45, 7) is 2.11. The lowest BCUT2D eigenvalue weighted by Gasteiger charge is -2.32. The van der Waals surface area contributed by atoms with Gasteiger partial charge in [-0.15, -0.1) is 11.6 Å². The van der Waals surface area contributed by atoms with Gasteiger partial charge in [-0.1, -0.05) is 72.8 Å². The number of amides is 1. The van der Waals surface area contributed by atoms with Gasteiger partial charge >= 0.3 is 0 Å². The van der Waals surface area contributed by atoms with Gasteiger partial charge in [0.1, 0.15) is 12.1 Å². The summed E-state index contributed by atoms with van der Waals surface area (Å²) in [5.74, 6) is -0.0374.